The van der Waals surface area contributed by atoms with Crippen LogP contribution in [0.4, 0.5) is 13.2 Å². The predicted octanol–water partition coefficient (Wildman–Crippen LogP) is 0.922. The molecule has 0 aliphatic rings. The van der Waals surface area contributed by atoms with Crippen molar-refractivity contribution in [2.45, 2.75) is 0 Å². The normalized spacial score (nSPS) is 11.4. The first-order chi connectivity index (χ1) is 8.36. The highest BCUT2D eigenvalue weighted by molar-refractivity contribution is 5.96. The summed E-state index contributed by atoms with van der Waals surface area (Å²) in [7, 11) is 1.28. The Hall–Kier alpha value is -2.25. The molecule has 1 aromatic carbocycles. The van der Waals surface area contributed by atoms with Crippen molar-refractivity contribution >= 4 is 11.7 Å². The fourth-order valence-corrected chi connectivity index (χ4v) is 1.25. The molecule has 1 rings (SSSR count). The number of amidine groups is 1. The van der Waals surface area contributed by atoms with Crippen molar-refractivity contribution in [3.63, 3.8) is 0 Å². The molecule has 0 spiro atoms. The van der Waals surface area contributed by atoms with Gasteiger partial charge in [-0.05, 0) is 12.1 Å². The molecular weight excluding hydrogens is 251 g/mol. The van der Waals surface area contributed by atoms with Crippen LogP contribution in [0.15, 0.2) is 17.3 Å². The first-order valence-electron chi connectivity index (χ1n) is 4.73. The molecule has 0 bridgehead atoms. The highest BCUT2D eigenvalue weighted by Crippen LogP contribution is 2.14. The van der Waals surface area contributed by atoms with Crippen LogP contribution in [0.25, 0.3) is 0 Å². The zero-order chi connectivity index (χ0) is 13.9. The number of halogens is 3. The minimum atomic E-state index is -1.65. The van der Waals surface area contributed by atoms with Crippen molar-refractivity contribution in [2.24, 2.45) is 10.9 Å². The Balaban J connectivity index is 2.97. The molecule has 0 aliphatic heterocycles. The molecular formula is C10H10F3N3O2. The lowest BCUT2D eigenvalue weighted by molar-refractivity contribution is 0.0812. The summed E-state index contributed by atoms with van der Waals surface area (Å²) in [6.07, 6.45) is 0. The fourth-order valence-electron chi connectivity index (χ4n) is 1.25. The van der Waals surface area contributed by atoms with Gasteiger partial charge in [0, 0.05) is 12.6 Å². The van der Waals surface area contributed by atoms with E-state index in [1.165, 1.54) is 7.05 Å². The number of likely N-dealkylation sites (N-methyl/N-ethyl adjacent to an activating group) is 1. The summed E-state index contributed by atoms with van der Waals surface area (Å²) in [4.78, 5) is 12.6. The molecule has 0 saturated carbocycles. The summed E-state index contributed by atoms with van der Waals surface area (Å²) >= 11 is 0. The van der Waals surface area contributed by atoms with E-state index in [4.69, 9.17) is 10.9 Å². The van der Waals surface area contributed by atoms with Crippen LogP contribution in [-0.2, 0) is 0 Å². The average Bonchev–Trinajstić information content (AvgIpc) is 2.33. The van der Waals surface area contributed by atoms with Crippen LogP contribution in [0.2, 0.25) is 0 Å². The third-order valence-corrected chi connectivity index (χ3v) is 2.11. The van der Waals surface area contributed by atoms with Gasteiger partial charge in [0.15, 0.2) is 23.3 Å². The van der Waals surface area contributed by atoms with Crippen molar-refractivity contribution < 1.29 is 23.2 Å². The molecule has 0 unspecified atom stereocenters. The summed E-state index contributed by atoms with van der Waals surface area (Å²) in [6.45, 7) is -0.240. The van der Waals surface area contributed by atoms with Crippen molar-refractivity contribution in [3.05, 3.63) is 35.1 Å². The maximum Gasteiger partial charge on any atom is 0.254 e. The first kappa shape index (κ1) is 13.8. The highest BCUT2D eigenvalue weighted by Gasteiger charge is 2.18. The lowest BCUT2D eigenvalue weighted by Gasteiger charge is -2.16. The van der Waals surface area contributed by atoms with Gasteiger partial charge in [-0.3, -0.25) is 4.79 Å². The van der Waals surface area contributed by atoms with E-state index in [9.17, 15) is 18.0 Å². The van der Waals surface area contributed by atoms with Crippen LogP contribution in [0.3, 0.4) is 0 Å². The van der Waals surface area contributed by atoms with Gasteiger partial charge in [-0.15, -0.1) is 0 Å². The van der Waals surface area contributed by atoms with Gasteiger partial charge in [0.05, 0.1) is 6.54 Å². The van der Waals surface area contributed by atoms with Gasteiger partial charge in [0.1, 0.15) is 0 Å². The average molecular weight is 261 g/mol. The molecule has 0 heterocycles. The van der Waals surface area contributed by atoms with Gasteiger partial charge in [-0.25, -0.2) is 13.2 Å². The molecule has 0 aliphatic carbocycles. The molecule has 0 atom stereocenters. The van der Waals surface area contributed by atoms with Crippen LogP contribution in [0, 0.1) is 17.5 Å². The SMILES string of the molecule is CN(CC(N)=NO)C(=O)c1cc(F)c(F)c(F)c1. The van der Waals surface area contributed by atoms with E-state index in [1.807, 2.05) is 0 Å². The van der Waals surface area contributed by atoms with E-state index >= 15 is 0 Å². The van der Waals surface area contributed by atoms with Crippen molar-refractivity contribution in [3.8, 4) is 0 Å². The van der Waals surface area contributed by atoms with Crippen LogP contribution >= 0.6 is 0 Å². The second-order valence-corrected chi connectivity index (χ2v) is 3.51. The molecule has 0 saturated heterocycles. The van der Waals surface area contributed by atoms with E-state index < -0.39 is 23.4 Å². The molecule has 98 valence electrons. The molecule has 5 nitrogen and oxygen atoms in total. The molecule has 8 heteroatoms. The van der Waals surface area contributed by atoms with Crippen molar-refractivity contribution in [1.29, 1.82) is 0 Å². The number of hydrogen-bond acceptors (Lipinski definition) is 3. The molecule has 1 amide bonds. The minimum absolute atomic E-state index is 0.240. The van der Waals surface area contributed by atoms with E-state index in [1.54, 1.807) is 0 Å². The lowest BCUT2D eigenvalue weighted by atomic mass is 10.2. The zero-order valence-corrected chi connectivity index (χ0v) is 9.32. The number of benzene rings is 1. The number of amides is 1. The van der Waals surface area contributed by atoms with Gasteiger partial charge >= 0.3 is 0 Å². The second kappa shape index (κ2) is 5.39. The third kappa shape index (κ3) is 2.90. The maximum absolute atomic E-state index is 12.9. The Morgan fingerprint density at radius 1 is 1.39 bits per heavy atom. The Morgan fingerprint density at radius 2 is 1.89 bits per heavy atom. The molecule has 3 N–H and O–H groups in total. The largest absolute Gasteiger partial charge is 0.409 e. The summed E-state index contributed by atoms with van der Waals surface area (Å²) in [5.41, 5.74) is 4.80. The van der Waals surface area contributed by atoms with E-state index in [0.717, 1.165) is 4.90 Å². The Bertz CT molecular complexity index is 482. The fraction of sp³-hybridized carbons (Fsp3) is 0.200. The Labute approximate surface area is 100 Å². The van der Waals surface area contributed by atoms with Crippen LogP contribution in [0.1, 0.15) is 10.4 Å². The zero-order valence-electron chi connectivity index (χ0n) is 9.32. The van der Waals surface area contributed by atoms with Gasteiger partial charge in [0.25, 0.3) is 5.91 Å². The second-order valence-electron chi connectivity index (χ2n) is 3.51. The third-order valence-electron chi connectivity index (χ3n) is 2.11. The molecule has 0 aromatic heterocycles. The Kier molecular flexibility index (Phi) is 4.13. The van der Waals surface area contributed by atoms with E-state index in [-0.39, 0.29) is 17.9 Å². The quantitative estimate of drug-likeness (QED) is 0.279. The number of hydrogen-bond donors (Lipinski definition) is 2. The molecule has 1 aromatic rings. The van der Waals surface area contributed by atoms with E-state index in [2.05, 4.69) is 5.16 Å². The smallest absolute Gasteiger partial charge is 0.254 e. The lowest BCUT2D eigenvalue weighted by Crippen LogP contribution is -2.35. The topological polar surface area (TPSA) is 78.9 Å². The van der Waals surface area contributed by atoms with Crippen molar-refractivity contribution in [1.82, 2.24) is 4.90 Å². The van der Waals surface area contributed by atoms with Crippen LogP contribution in [0.5, 0.6) is 0 Å². The van der Waals surface area contributed by atoms with Gasteiger partial charge in [-0.1, -0.05) is 5.16 Å². The predicted molar refractivity (Wildman–Crippen MR) is 56.7 cm³/mol. The van der Waals surface area contributed by atoms with Gasteiger partial charge in [0.2, 0.25) is 0 Å². The number of carbonyl (C=O) groups is 1. The van der Waals surface area contributed by atoms with Crippen molar-refractivity contribution in [2.75, 3.05) is 13.6 Å². The standard InChI is InChI=1S/C10H10F3N3O2/c1-16(4-8(14)15-18)10(17)5-2-6(11)9(13)7(12)3-5/h2-3,18H,4H2,1H3,(H2,14,15). The first-order valence-corrected chi connectivity index (χ1v) is 4.73. The van der Waals surface area contributed by atoms with Crippen LogP contribution < -0.4 is 5.73 Å². The van der Waals surface area contributed by atoms with Gasteiger partial charge < -0.3 is 15.8 Å². The molecule has 0 radical (unpaired) electrons. The molecule has 18 heavy (non-hydrogen) atoms. The highest BCUT2D eigenvalue weighted by atomic mass is 19.2. The summed E-state index contributed by atoms with van der Waals surface area (Å²) < 4.78 is 38.5. The summed E-state index contributed by atoms with van der Waals surface area (Å²) in [5.74, 6) is -5.62. The minimum Gasteiger partial charge on any atom is -0.409 e. The summed E-state index contributed by atoms with van der Waals surface area (Å²) in [6, 6.07) is 1.15. The van der Waals surface area contributed by atoms with Crippen LogP contribution in [-0.4, -0.2) is 35.4 Å². The van der Waals surface area contributed by atoms with Gasteiger partial charge in [-0.2, -0.15) is 0 Å². The van der Waals surface area contributed by atoms with E-state index in [0.29, 0.717) is 12.1 Å². The number of nitrogens with zero attached hydrogens (tertiary/aromatic N) is 2. The summed E-state index contributed by atoms with van der Waals surface area (Å²) in [5, 5.41) is 11.0. The number of nitrogens with two attached hydrogens (primary N) is 1. The number of oxime groups is 1. The maximum atomic E-state index is 12.9. The Morgan fingerprint density at radius 3 is 2.33 bits per heavy atom. The molecule has 0 fully saturated rings. The number of rotatable bonds is 3. The number of carbonyl (C=O) groups excluding carboxylic acids is 1. The monoisotopic (exact) mass is 261 g/mol.